The predicted molar refractivity (Wildman–Crippen MR) is 101 cm³/mol. The number of aromatic nitrogens is 2. The molecular formula is C21H20FN3O2. The molecule has 1 aliphatic rings. The second-order valence-corrected chi connectivity index (χ2v) is 7.03. The third kappa shape index (κ3) is 3.60. The van der Waals surface area contributed by atoms with E-state index in [1.54, 1.807) is 23.1 Å². The first-order chi connectivity index (χ1) is 13.0. The van der Waals surface area contributed by atoms with Gasteiger partial charge >= 0.3 is 0 Å². The maximum Gasteiger partial charge on any atom is 0.261 e. The fourth-order valence-corrected chi connectivity index (χ4v) is 3.33. The fourth-order valence-electron chi connectivity index (χ4n) is 3.33. The normalized spacial score (nSPS) is 13.7. The first-order valence-electron chi connectivity index (χ1n) is 9.01. The van der Waals surface area contributed by atoms with Crippen LogP contribution in [0.4, 0.5) is 4.39 Å². The van der Waals surface area contributed by atoms with Crippen molar-refractivity contribution in [2.75, 3.05) is 0 Å². The van der Waals surface area contributed by atoms with Crippen LogP contribution in [0.2, 0.25) is 0 Å². The smallest absolute Gasteiger partial charge is 0.261 e. The number of para-hydroxylation sites is 1. The Kier molecular flexibility index (Phi) is 4.48. The van der Waals surface area contributed by atoms with Gasteiger partial charge in [0.1, 0.15) is 12.4 Å². The Morgan fingerprint density at radius 3 is 2.78 bits per heavy atom. The summed E-state index contributed by atoms with van der Waals surface area (Å²) in [5.74, 6) is -0.473. The number of amides is 1. The standard InChI is InChI=1S/C21H20FN3O2/c1-14-4-2-7-18-20(14)23-13-24(21(18)27)12-19(26)25(17-8-9-17)11-15-5-3-6-16(22)10-15/h2-7,10,13,17H,8-9,11-12H2,1H3. The Hall–Kier alpha value is -3.02. The monoisotopic (exact) mass is 365 g/mol. The highest BCUT2D eigenvalue weighted by Crippen LogP contribution is 2.28. The minimum atomic E-state index is -0.319. The number of carbonyl (C=O) groups excluding carboxylic acids is 1. The van der Waals surface area contributed by atoms with E-state index in [9.17, 15) is 14.0 Å². The zero-order valence-electron chi connectivity index (χ0n) is 15.1. The van der Waals surface area contributed by atoms with Gasteiger partial charge in [-0.05, 0) is 49.1 Å². The van der Waals surface area contributed by atoms with Crippen molar-refractivity contribution < 1.29 is 9.18 Å². The van der Waals surface area contributed by atoms with E-state index in [1.165, 1.54) is 23.0 Å². The number of nitrogens with zero attached hydrogens (tertiary/aromatic N) is 3. The topological polar surface area (TPSA) is 55.2 Å². The van der Waals surface area contributed by atoms with Crippen molar-refractivity contribution in [2.45, 2.75) is 38.9 Å². The summed E-state index contributed by atoms with van der Waals surface area (Å²) in [5, 5.41) is 0.508. The summed E-state index contributed by atoms with van der Waals surface area (Å²) in [6.45, 7) is 2.18. The van der Waals surface area contributed by atoms with Gasteiger partial charge in [-0.15, -0.1) is 0 Å². The lowest BCUT2D eigenvalue weighted by molar-refractivity contribution is -0.133. The second kappa shape index (κ2) is 6.95. The Labute approximate surface area is 156 Å². The molecule has 138 valence electrons. The summed E-state index contributed by atoms with van der Waals surface area (Å²) < 4.78 is 14.8. The van der Waals surface area contributed by atoms with Gasteiger partial charge in [0.2, 0.25) is 5.91 Å². The van der Waals surface area contributed by atoms with Crippen molar-refractivity contribution in [3.05, 3.63) is 76.1 Å². The summed E-state index contributed by atoms with van der Waals surface area (Å²) in [6.07, 6.45) is 3.30. The van der Waals surface area contributed by atoms with E-state index in [0.717, 1.165) is 24.0 Å². The number of carbonyl (C=O) groups is 1. The quantitative estimate of drug-likeness (QED) is 0.698. The van der Waals surface area contributed by atoms with Gasteiger partial charge in [-0.2, -0.15) is 0 Å². The van der Waals surface area contributed by atoms with E-state index >= 15 is 0 Å². The maximum atomic E-state index is 13.5. The number of hydrogen-bond donors (Lipinski definition) is 0. The van der Waals surface area contributed by atoms with Gasteiger partial charge in [0.05, 0.1) is 17.2 Å². The van der Waals surface area contributed by atoms with E-state index in [4.69, 9.17) is 0 Å². The van der Waals surface area contributed by atoms with Gasteiger partial charge in [0, 0.05) is 12.6 Å². The Morgan fingerprint density at radius 1 is 1.26 bits per heavy atom. The maximum absolute atomic E-state index is 13.5. The molecule has 0 radical (unpaired) electrons. The van der Waals surface area contributed by atoms with E-state index < -0.39 is 0 Å². The Bertz CT molecular complexity index is 1070. The van der Waals surface area contributed by atoms with Gasteiger partial charge in [-0.25, -0.2) is 9.37 Å². The van der Waals surface area contributed by atoms with Gasteiger partial charge in [0.25, 0.3) is 5.56 Å². The molecular weight excluding hydrogens is 345 g/mol. The molecule has 0 saturated heterocycles. The molecule has 4 rings (SSSR count). The van der Waals surface area contributed by atoms with Crippen LogP contribution in [0.15, 0.2) is 53.6 Å². The highest BCUT2D eigenvalue weighted by atomic mass is 19.1. The van der Waals surface area contributed by atoms with Gasteiger partial charge in [0.15, 0.2) is 0 Å². The van der Waals surface area contributed by atoms with Crippen LogP contribution in [0.5, 0.6) is 0 Å². The highest BCUT2D eigenvalue weighted by molar-refractivity contribution is 5.81. The molecule has 0 aliphatic heterocycles. The van der Waals surface area contributed by atoms with Crippen LogP contribution >= 0.6 is 0 Å². The summed E-state index contributed by atoms with van der Waals surface area (Å²) in [7, 11) is 0. The largest absolute Gasteiger partial charge is 0.334 e. The molecule has 1 amide bonds. The van der Waals surface area contributed by atoms with Gasteiger partial charge in [-0.1, -0.05) is 24.3 Å². The second-order valence-electron chi connectivity index (χ2n) is 7.03. The van der Waals surface area contributed by atoms with Crippen LogP contribution in [0.25, 0.3) is 10.9 Å². The molecule has 5 nitrogen and oxygen atoms in total. The number of fused-ring (bicyclic) bond motifs is 1. The van der Waals surface area contributed by atoms with Crippen LogP contribution in [0, 0.1) is 12.7 Å². The number of halogens is 1. The fraction of sp³-hybridized carbons (Fsp3) is 0.286. The molecule has 0 atom stereocenters. The van der Waals surface area contributed by atoms with Crippen molar-refractivity contribution in [1.29, 1.82) is 0 Å². The van der Waals surface area contributed by atoms with Crippen molar-refractivity contribution >= 4 is 16.8 Å². The molecule has 1 heterocycles. The van der Waals surface area contributed by atoms with Crippen molar-refractivity contribution in [1.82, 2.24) is 14.5 Å². The molecule has 1 aliphatic carbocycles. The lowest BCUT2D eigenvalue weighted by Gasteiger charge is -2.23. The van der Waals surface area contributed by atoms with E-state index in [2.05, 4.69) is 4.98 Å². The minimum Gasteiger partial charge on any atom is -0.334 e. The predicted octanol–water partition coefficient (Wildman–Crippen LogP) is 3.04. The average molecular weight is 365 g/mol. The summed E-state index contributed by atoms with van der Waals surface area (Å²) in [5.41, 5.74) is 2.10. The molecule has 27 heavy (non-hydrogen) atoms. The number of rotatable bonds is 5. The SMILES string of the molecule is Cc1cccc2c(=O)n(CC(=O)N(Cc3cccc(F)c3)C3CC3)cnc12. The molecule has 0 unspecified atom stereocenters. The molecule has 0 N–H and O–H groups in total. The third-order valence-corrected chi connectivity index (χ3v) is 4.91. The lowest BCUT2D eigenvalue weighted by atomic mass is 10.1. The highest BCUT2D eigenvalue weighted by Gasteiger charge is 2.32. The van der Waals surface area contributed by atoms with Gasteiger partial charge < -0.3 is 4.90 Å². The van der Waals surface area contributed by atoms with E-state index in [0.29, 0.717) is 17.4 Å². The van der Waals surface area contributed by atoms with E-state index in [1.807, 2.05) is 19.1 Å². The van der Waals surface area contributed by atoms with Crippen molar-refractivity contribution in [3.8, 4) is 0 Å². The molecule has 2 aromatic carbocycles. The molecule has 1 fully saturated rings. The van der Waals surface area contributed by atoms with Crippen LogP contribution in [-0.2, 0) is 17.9 Å². The van der Waals surface area contributed by atoms with Crippen LogP contribution in [0.3, 0.4) is 0 Å². The minimum absolute atomic E-state index is 0.0679. The molecule has 3 aromatic rings. The average Bonchev–Trinajstić information content (AvgIpc) is 3.47. The van der Waals surface area contributed by atoms with Gasteiger partial charge in [-0.3, -0.25) is 14.2 Å². The zero-order valence-corrected chi connectivity index (χ0v) is 15.1. The van der Waals surface area contributed by atoms with Crippen molar-refractivity contribution in [3.63, 3.8) is 0 Å². The molecule has 0 bridgehead atoms. The third-order valence-electron chi connectivity index (χ3n) is 4.91. The lowest BCUT2D eigenvalue weighted by Crippen LogP contribution is -2.37. The van der Waals surface area contributed by atoms with Crippen LogP contribution in [-0.4, -0.2) is 26.4 Å². The number of aryl methyl sites for hydroxylation is 1. The Morgan fingerprint density at radius 2 is 2.04 bits per heavy atom. The van der Waals surface area contributed by atoms with E-state index in [-0.39, 0.29) is 29.9 Å². The van der Waals surface area contributed by atoms with Crippen molar-refractivity contribution in [2.24, 2.45) is 0 Å². The number of benzene rings is 2. The molecule has 1 saturated carbocycles. The summed E-state index contributed by atoms with van der Waals surface area (Å²) in [4.78, 5) is 31.7. The molecule has 6 heteroatoms. The van der Waals surface area contributed by atoms with Crippen LogP contribution in [0.1, 0.15) is 24.0 Å². The first-order valence-corrected chi connectivity index (χ1v) is 9.01. The van der Waals surface area contributed by atoms with Crippen LogP contribution < -0.4 is 5.56 Å². The first kappa shape index (κ1) is 17.4. The summed E-state index contributed by atoms with van der Waals surface area (Å²) >= 11 is 0. The zero-order chi connectivity index (χ0) is 19.0. The number of hydrogen-bond acceptors (Lipinski definition) is 3. The molecule has 0 spiro atoms. The molecule has 1 aromatic heterocycles. The summed E-state index contributed by atoms with van der Waals surface area (Å²) in [6, 6.07) is 11.9. The Balaban J connectivity index is 1.59.